The molecule has 1 rings (SSSR count). The quantitative estimate of drug-likeness (QED) is 0.684. The van der Waals surface area contributed by atoms with E-state index < -0.39 is 0 Å². The smallest absolute Gasteiger partial charge is 0.120 e. The molecule has 0 spiro atoms. The van der Waals surface area contributed by atoms with Gasteiger partial charge in [-0.25, -0.2) is 0 Å². The molecule has 1 N–H and O–H groups in total. The molecule has 0 atom stereocenters. The lowest BCUT2D eigenvalue weighted by molar-refractivity contribution is 0.470. The predicted octanol–water partition coefficient (Wildman–Crippen LogP) is 3.08. The maximum absolute atomic E-state index is 9.23. The Bertz CT molecular complexity index is 273. The minimum absolute atomic E-state index is 0.257. The summed E-state index contributed by atoms with van der Waals surface area (Å²) in [5, 5.41) is 9.84. The molecule has 0 saturated carbocycles. The van der Waals surface area contributed by atoms with Gasteiger partial charge in [-0.05, 0) is 30.9 Å². The van der Waals surface area contributed by atoms with E-state index in [1.165, 1.54) is 0 Å². The Kier molecular flexibility index (Phi) is 2.68. The zero-order chi connectivity index (χ0) is 8.43. The molecule has 0 heterocycles. The molecule has 0 amide bonds. The maximum atomic E-state index is 9.23. The van der Waals surface area contributed by atoms with Crippen LogP contribution in [0.15, 0.2) is 17.0 Å². The molecule has 11 heavy (non-hydrogen) atoms. The number of aromatic hydroxyl groups is 1. The number of hydrogen-bond acceptors (Lipinski definition) is 2. The Morgan fingerprint density at radius 1 is 1.45 bits per heavy atom. The van der Waals surface area contributed by atoms with Gasteiger partial charge in [-0.3, -0.25) is 0 Å². The first-order chi connectivity index (χ1) is 5.15. The molecule has 0 fully saturated rings. The van der Waals surface area contributed by atoms with Gasteiger partial charge in [-0.2, -0.15) is 0 Å². The van der Waals surface area contributed by atoms with E-state index in [1.54, 1.807) is 17.8 Å². The summed E-state index contributed by atoms with van der Waals surface area (Å²) in [6.45, 7) is 1.85. The first-order valence-corrected chi connectivity index (χ1v) is 4.78. The summed E-state index contributed by atoms with van der Waals surface area (Å²) in [6, 6.07) is 3.45. The van der Waals surface area contributed by atoms with Gasteiger partial charge in [0.2, 0.25) is 0 Å². The summed E-state index contributed by atoms with van der Waals surface area (Å²) in [7, 11) is 0. The van der Waals surface area contributed by atoms with E-state index in [-0.39, 0.29) is 5.75 Å². The molecule has 60 valence electrons. The topological polar surface area (TPSA) is 20.2 Å². The lowest BCUT2D eigenvalue weighted by atomic mass is 10.2. The van der Waals surface area contributed by atoms with Crippen molar-refractivity contribution in [3.63, 3.8) is 0 Å². The fourth-order valence-electron chi connectivity index (χ4n) is 0.801. The van der Waals surface area contributed by atoms with Gasteiger partial charge in [0.1, 0.15) is 5.75 Å². The largest absolute Gasteiger partial charge is 0.508 e. The Morgan fingerprint density at radius 2 is 2.09 bits per heavy atom. The number of aryl methyl sites for hydroxylation is 1. The molecule has 0 aliphatic carbocycles. The van der Waals surface area contributed by atoms with Crippen LogP contribution >= 0.6 is 23.4 Å². The predicted molar refractivity (Wildman–Crippen MR) is 49.6 cm³/mol. The van der Waals surface area contributed by atoms with E-state index in [9.17, 15) is 5.11 Å². The fraction of sp³-hybridized carbons (Fsp3) is 0.250. The number of phenolic OH excluding ortho intramolecular Hbond substituents is 1. The van der Waals surface area contributed by atoms with E-state index in [2.05, 4.69) is 0 Å². The first-order valence-electron chi connectivity index (χ1n) is 3.18. The second kappa shape index (κ2) is 3.37. The van der Waals surface area contributed by atoms with Crippen molar-refractivity contribution in [1.82, 2.24) is 0 Å². The minimum Gasteiger partial charge on any atom is -0.508 e. The Balaban J connectivity index is 3.21. The van der Waals surface area contributed by atoms with Gasteiger partial charge < -0.3 is 5.11 Å². The van der Waals surface area contributed by atoms with E-state index in [1.807, 2.05) is 19.2 Å². The number of thioether (sulfide) groups is 1. The number of halogens is 1. The molecule has 0 aliphatic rings. The normalized spacial score (nSPS) is 10.1. The first kappa shape index (κ1) is 8.75. The van der Waals surface area contributed by atoms with E-state index >= 15 is 0 Å². The van der Waals surface area contributed by atoms with Crippen molar-refractivity contribution in [1.29, 1.82) is 0 Å². The third-order valence-electron chi connectivity index (χ3n) is 1.47. The molecule has 0 aliphatic heterocycles. The zero-order valence-electron chi connectivity index (χ0n) is 6.39. The number of rotatable bonds is 1. The van der Waals surface area contributed by atoms with E-state index in [0.29, 0.717) is 5.02 Å². The second-order valence-electron chi connectivity index (χ2n) is 2.27. The number of benzene rings is 1. The van der Waals surface area contributed by atoms with Gasteiger partial charge in [0.05, 0.1) is 5.02 Å². The van der Waals surface area contributed by atoms with Crippen molar-refractivity contribution in [2.24, 2.45) is 0 Å². The molecule has 0 unspecified atom stereocenters. The van der Waals surface area contributed by atoms with Crippen LogP contribution in [-0.4, -0.2) is 11.4 Å². The average molecular weight is 189 g/mol. The SMILES string of the molecule is CSc1cc(C)c(O)cc1Cl. The van der Waals surface area contributed by atoms with Gasteiger partial charge in [0.15, 0.2) is 0 Å². The molecule has 0 saturated heterocycles. The fourth-order valence-corrected chi connectivity index (χ4v) is 1.74. The average Bonchev–Trinajstić information content (AvgIpc) is 1.97. The third-order valence-corrected chi connectivity index (χ3v) is 2.67. The third kappa shape index (κ3) is 1.82. The maximum Gasteiger partial charge on any atom is 0.120 e. The molecule has 0 bridgehead atoms. The standard InChI is InChI=1S/C8H9ClOS/c1-5-3-8(11-2)6(9)4-7(5)10/h3-4,10H,1-2H3. The summed E-state index contributed by atoms with van der Waals surface area (Å²) < 4.78 is 0. The van der Waals surface area contributed by atoms with Crippen molar-refractivity contribution in [2.75, 3.05) is 6.26 Å². The van der Waals surface area contributed by atoms with Crippen LogP contribution < -0.4 is 0 Å². The van der Waals surface area contributed by atoms with Crippen LogP contribution in [0.4, 0.5) is 0 Å². The van der Waals surface area contributed by atoms with Crippen LogP contribution in [-0.2, 0) is 0 Å². The van der Waals surface area contributed by atoms with Gasteiger partial charge in [0.25, 0.3) is 0 Å². The highest BCUT2D eigenvalue weighted by atomic mass is 35.5. The molecule has 1 aromatic carbocycles. The van der Waals surface area contributed by atoms with Crippen molar-refractivity contribution in [2.45, 2.75) is 11.8 Å². The van der Waals surface area contributed by atoms with Gasteiger partial charge in [-0.15, -0.1) is 11.8 Å². The van der Waals surface area contributed by atoms with Crippen LogP contribution in [0.3, 0.4) is 0 Å². The van der Waals surface area contributed by atoms with Gasteiger partial charge in [0, 0.05) is 4.90 Å². The Hall–Kier alpha value is -0.340. The summed E-state index contributed by atoms with van der Waals surface area (Å²) in [4.78, 5) is 1.00. The van der Waals surface area contributed by atoms with E-state index in [0.717, 1.165) is 10.5 Å². The van der Waals surface area contributed by atoms with Crippen molar-refractivity contribution in [3.05, 3.63) is 22.7 Å². The molecule has 3 heteroatoms. The van der Waals surface area contributed by atoms with Crippen LogP contribution in [0.1, 0.15) is 5.56 Å². The highest BCUT2D eigenvalue weighted by Gasteiger charge is 2.02. The Labute approximate surface area is 75.4 Å². The summed E-state index contributed by atoms with van der Waals surface area (Å²) in [5.74, 6) is 0.257. The molecule has 1 nitrogen and oxygen atoms in total. The summed E-state index contributed by atoms with van der Waals surface area (Å²) in [5.41, 5.74) is 0.860. The molecular formula is C8H9ClOS. The Morgan fingerprint density at radius 3 is 2.64 bits per heavy atom. The zero-order valence-corrected chi connectivity index (χ0v) is 7.96. The highest BCUT2D eigenvalue weighted by molar-refractivity contribution is 7.98. The molecule has 1 aromatic rings. The molecule has 0 radical (unpaired) electrons. The van der Waals surface area contributed by atoms with E-state index in [4.69, 9.17) is 11.6 Å². The lowest BCUT2D eigenvalue weighted by Gasteiger charge is -2.03. The van der Waals surface area contributed by atoms with Crippen LogP contribution in [0.2, 0.25) is 5.02 Å². The van der Waals surface area contributed by atoms with Crippen LogP contribution in [0, 0.1) is 6.92 Å². The van der Waals surface area contributed by atoms with Crippen LogP contribution in [0.5, 0.6) is 5.75 Å². The lowest BCUT2D eigenvalue weighted by Crippen LogP contribution is -1.78. The summed E-state index contributed by atoms with van der Waals surface area (Å²) in [6.07, 6.45) is 1.96. The summed E-state index contributed by atoms with van der Waals surface area (Å²) >= 11 is 7.40. The van der Waals surface area contributed by atoms with Crippen molar-refractivity contribution < 1.29 is 5.11 Å². The van der Waals surface area contributed by atoms with Gasteiger partial charge >= 0.3 is 0 Å². The second-order valence-corrected chi connectivity index (χ2v) is 3.53. The number of phenols is 1. The highest BCUT2D eigenvalue weighted by Crippen LogP contribution is 2.31. The minimum atomic E-state index is 0.257. The van der Waals surface area contributed by atoms with Crippen molar-refractivity contribution >= 4 is 23.4 Å². The monoisotopic (exact) mass is 188 g/mol. The van der Waals surface area contributed by atoms with Gasteiger partial charge in [-0.1, -0.05) is 11.6 Å². The van der Waals surface area contributed by atoms with Crippen molar-refractivity contribution in [3.8, 4) is 5.75 Å². The molecule has 0 aromatic heterocycles. The number of hydrogen-bond donors (Lipinski definition) is 1. The van der Waals surface area contributed by atoms with Crippen LogP contribution in [0.25, 0.3) is 0 Å². The molecular weight excluding hydrogens is 180 g/mol.